The minimum absolute atomic E-state index is 0.229. The summed E-state index contributed by atoms with van der Waals surface area (Å²) >= 11 is 0. The first-order valence-corrected chi connectivity index (χ1v) is 7.37. The van der Waals surface area contributed by atoms with E-state index >= 15 is 0 Å². The summed E-state index contributed by atoms with van der Waals surface area (Å²) in [5, 5.41) is 0. The predicted octanol–water partition coefficient (Wildman–Crippen LogP) is 1.99. The number of imidazole rings is 1. The van der Waals surface area contributed by atoms with Crippen molar-refractivity contribution in [2.45, 2.75) is 26.3 Å². The van der Waals surface area contributed by atoms with Gasteiger partial charge in [-0.2, -0.15) is 0 Å². The van der Waals surface area contributed by atoms with Crippen LogP contribution < -0.4 is 0 Å². The Kier molecular flexibility index (Phi) is 3.73. The van der Waals surface area contributed by atoms with Crippen LogP contribution in [0.4, 0.5) is 0 Å². The van der Waals surface area contributed by atoms with Crippen LogP contribution in [-0.2, 0) is 17.8 Å². The van der Waals surface area contributed by atoms with Crippen molar-refractivity contribution in [1.82, 2.24) is 19.4 Å². The molecular formula is C16H20N4O. The van der Waals surface area contributed by atoms with Crippen LogP contribution in [0.25, 0.3) is 11.5 Å². The number of aryl methyl sites for hydroxylation is 1. The zero-order chi connectivity index (χ0) is 14.8. The van der Waals surface area contributed by atoms with E-state index in [0.717, 1.165) is 31.0 Å². The number of carbonyl (C=O) groups is 1. The SMILES string of the molecule is CCc1ccc(-c2nccn2CC2CC(=O)N(C)C2)nc1. The summed E-state index contributed by atoms with van der Waals surface area (Å²) in [5.41, 5.74) is 2.11. The van der Waals surface area contributed by atoms with Crippen LogP contribution in [0.15, 0.2) is 30.7 Å². The molecule has 1 aliphatic heterocycles. The Morgan fingerprint density at radius 3 is 2.81 bits per heavy atom. The summed E-state index contributed by atoms with van der Waals surface area (Å²) < 4.78 is 2.10. The van der Waals surface area contributed by atoms with Gasteiger partial charge in [-0.3, -0.25) is 9.78 Å². The van der Waals surface area contributed by atoms with Crippen molar-refractivity contribution < 1.29 is 4.79 Å². The molecule has 0 spiro atoms. The number of hydrogen-bond donors (Lipinski definition) is 0. The Bertz CT molecular complexity index is 632. The lowest BCUT2D eigenvalue weighted by Crippen LogP contribution is -2.20. The quantitative estimate of drug-likeness (QED) is 0.862. The Labute approximate surface area is 124 Å². The second kappa shape index (κ2) is 5.68. The number of rotatable bonds is 4. The first-order chi connectivity index (χ1) is 10.2. The molecule has 2 aromatic heterocycles. The number of likely N-dealkylation sites (tertiary alicyclic amines) is 1. The van der Waals surface area contributed by atoms with Crippen LogP contribution in [0.3, 0.4) is 0 Å². The minimum atomic E-state index is 0.229. The highest BCUT2D eigenvalue weighted by Gasteiger charge is 2.27. The molecule has 21 heavy (non-hydrogen) atoms. The van der Waals surface area contributed by atoms with Gasteiger partial charge in [-0.05, 0) is 18.1 Å². The predicted molar refractivity (Wildman–Crippen MR) is 80.6 cm³/mol. The number of carbonyl (C=O) groups excluding carboxylic acids is 1. The molecule has 110 valence electrons. The highest BCUT2D eigenvalue weighted by atomic mass is 16.2. The number of hydrogen-bond acceptors (Lipinski definition) is 3. The number of nitrogens with zero attached hydrogens (tertiary/aromatic N) is 4. The Hall–Kier alpha value is -2.17. The lowest BCUT2D eigenvalue weighted by molar-refractivity contribution is -0.126. The Morgan fingerprint density at radius 1 is 1.33 bits per heavy atom. The zero-order valence-electron chi connectivity index (χ0n) is 12.5. The van der Waals surface area contributed by atoms with Crippen molar-refractivity contribution in [3.05, 3.63) is 36.3 Å². The molecule has 1 unspecified atom stereocenters. The molecule has 5 heteroatoms. The first kappa shape index (κ1) is 13.8. The van der Waals surface area contributed by atoms with E-state index in [-0.39, 0.29) is 5.91 Å². The third kappa shape index (κ3) is 2.82. The van der Waals surface area contributed by atoms with E-state index in [2.05, 4.69) is 27.5 Å². The van der Waals surface area contributed by atoms with Gasteiger partial charge in [0.05, 0.1) is 0 Å². The van der Waals surface area contributed by atoms with Gasteiger partial charge in [-0.15, -0.1) is 0 Å². The average molecular weight is 284 g/mol. The van der Waals surface area contributed by atoms with Gasteiger partial charge in [0.2, 0.25) is 5.91 Å². The van der Waals surface area contributed by atoms with Gasteiger partial charge >= 0.3 is 0 Å². The lowest BCUT2D eigenvalue weighted by Gasteiger charge is -2.13. The van der Waals surface area contributed by atoms with Crippen molar-refractivity contribution >= 4 is 5.91 Å². The fourth-order valence-electron chi connectivity index (χ4n) is 2.81. The van der Waals surface area contributed by atoms with Crippen molar-refractivity contribution in [1.29, 1.82) is 0 Å². The molecule has 1 saturated heterocycles. The molecule has 0 bridgehead atoms. The van der Waals surface area contributed by atoms with Gasteiger partial charge in [0, 0.05) is 51.1 Å². The molecule has 2 aromatic rings. The molecule has 3 rings (SSSR count). The maximum Gasteiger partial charge on any atom is 0.222 e. The minimum Gasteiger partial charge on any atom is -0.345 e. The normalized spacial score (nSPS) is 18.5. The Morgan fingerprint density at radius 2 is 2.19 bits per heavy atom. The van der Waals surface area contributed by atoms with Gasteiger partial charge in [0.1, 0.15) is 5.69 Å². The highest BCUT2D eigenvalue weighted by Crippen LogP contribution is 2.22. The number of amides is 1. The highest BCUT2D eigenvalue weighted by molar-refractivity contribution is 5.78. The van der Waals surface area contributed by atoms with Crippen LogP contribution in [0.5, 0.6) is 0 Å². The smallest absolute Gasteiger partial charge is 0.222 e. The lowest BCUT2D eigenvalue weighted by atomic mass is 10.1. The summed E-state index contributed by atoms with van der Waals surface area (Å²) in [6.45, 7) is 3.74. The van der Waals surface area contributed by atoms with Gasteiger partial charge in [0.25, 0.3) is 0 Å². The summed E-state index contributed by atoms with van der Waals surface area (Å²) in [6.07, 6.45) is 7.27. The van der Waals surface area contributed by atoms with Gasteiger partial charge < -0.3 is 9.47 Å². The number of aromatic nitrogens is 3. The van der Waals surface area contributed by atoms with Gasteiger partial charge in [0.15, 0.2) is 5.82 Å². The van der Waals surface area contributed by atoms with E-state index in [1.807, 2.05) is 25.5 Å². The van der Waals surface area contributed by atoms with Crippen LogP contribution in [0.2, 0.25) is 0 Å². The third-order valence-electron chi connectivity index (χ3n) is 4.05. The molecular weight excluding hydrogens is 264 g/mol. The molecule has 5 nitrogen and oxygen atoms in total. The molecule has 3 heterocycles. The largest absolute Gasteiger partial charge is 0.345 e. The van der Waals surface area contributed by atoms with Crippen molar-refractivity contribution in [3.63, 3.8) is 0 Å². The topological polar surface area (TPSA) is 51.0 Å². The molecule has 0 radical (unpaired) electrons. The zero-order valence-corrected chi connectivity index (χ0v) is 12.5. The van der Waals surface area contributed by atoms with E-state index in [0.29, 0.717) is 12.3 Å². The molecule has 1 aliphatic rings. The molecule has 0 aromatic carbocycles. The standard InChI is InChI=1S/C16H20N4O/c1-3-12-4-5-14(18-9-12)16-17-6-7-20(16)11-13-8-15(21)19(2)10-13/h4-7,9,13H,3,8,10-11H2,1-2H3. The molecule has 0 saturated carbocycles. The van der Waals surface area contributed by atoms with Crippen LogP contribution in [0.1, 0.15) is 18.9 Å². The van der Waals surface area contributed by atoms with E-state index in [1.54, 1.807) is 11.1 Å². The second-order valence-corrected chi connectivity index (χ2v) is 5.65. The monoisotopic (exact) mass is 284 g/mol. The fourth-order valence-corrected chi connectivity index (χ4v) is 2.81. The van der Waals surface area contributed by atoms with Crippen molar-refractivity contribution in [2.75, 3.05) is 13.6 Å². The third-order valence-corrected chi connectivity index (χ3v) is 4.05. The molecule has 1 amide bonds. The van der Waals surface area contributed by atoms with Gasteiger partial charge in [-0.25, -0.2) is 4.98 Å². The summed E-state index contributed by atoms with van der Waals surface area (Å²) in [5.74, 6) is 1.46. The molecule has 0 aliphatic carbocycles. The van der Waals surface area contributed by atoms with E-state index < -0.39 is 0 Å². The van der Waals surface area contributed by atoms with Crippen molar-refractivity contribution in [2.24, 2.45) is 5.92 Å². The molecule has 1 atom stereocenters. The maximum atomic E-state index is 11.6. The Balaban J connectivity index is 1.79. The summed E-state index contributed by atoms with van der Waals surface area (Å²) in [4.78, 5) is 22.3. The van der Waals surface area contributed by atoms with Crippen LogP contribution in [0, 0.1) is 5.92 Å². The van der Waals surface area contributed by atoms with Gasteiger partial charge in [-0.1, -0.05) is 13.0 Å². The summed E-state index contributed by atoms with van der Waals surface area (Å²) in [7, 11) is 1.86. The van der Waals surface area contributed by atoms with Crippen molar-refractivity contribution in [3.8, 4) is 11.5 Å². The maximum absolute atomic E-state index is 11.6. The second-order valence-electron chi connectivity index (χ2n) is 5.65. The molecule has 0 N–H and O–H groups in total. The van der Waals surface area contributed by atoms with E-state index in [9.17, 15) is 4.79 Å². The summed E-state index contributed by atoms with van der Waals surface area (Å²) in [6, 6.07) is 4.11. The van der Waals surface area contributed by atoms with Crippen LogP contribution in [-0.4, -0.2) is 38.9 Å². The van der Waals surface area contributed by atoms with E-state index in [4.69, 9.17) is 0 Å². The molecule has 1 fully saturated rings. The first-order valence-electron chi connectivity index (χ1n) is 7.37. The van der Waals surface area contributed by atoms with Crippen LogP contribution >= 0.6 is 0 Å². The average Bonchev–Trinajstić information content (AvgIpc) is 3.07. The number of pyridine rings is 1. The van der Waals surface area contributed by atoms with E-state index in [1.165, 1.54) is 5.56 Å². The fraction of sp³-hybridized carbons (Fsp3) is 0.438.